The van der Waals surface area contributed by atoms with E-state index in [1.807, 2.05) is 17.8 Å². The van der Waals surface area contributed by atoms with Crippen LogP contribution in [-0.2, 0) is 0 Å². The topological polar surface area (TPSA) is 18.5 Å². The van der Waals surface area contributed by atoms with Crippen LogP contribution in [0.15, 0.2) is 23.1 Å². The molecule has 0 atom stereocenters. The third-order valence-electron chi connectivity index (χ3n) is 2.36. The molecule has 3 heteroatoms. The lowest BCUT2D eigenvalue weighted by molar-refractivity contribution is 0.354. The summed E-state index contributed by atoms with van der Waals surface area (Å²) in [5, 5.41) is 0. The fraction of sp³-hybridized carbons (Fsp3) is 0.333. The summed E-state index contributed by atoms with van der Waals surface area (Å²) in [4.78, 5) is 1.27. The van der Waals surface area contributed by atoms with Crippen molar-refractivity contribution in [2.24, 2.45) is 0 Å². The Labute approximate surface area is 94.3 Å². The Kier molecular flexibility index (Phi) is 3.21. The molecular weight excluding hydrogens is 208 g/mol. The van der Waals surface area contributed by atoms with Crippen molar-refractivity contribution in [3.05, 3.63) is 23.8 Å². The van der Waals surface area contributed by atoms with Crippen LogP contribution < -0.4 is 9.47 Å². The van der Waals surface area contributed by atoms with E-state index in [0.29, 0.717) is 0 Å². The van der Waals surface area contributed by atoms with Crippen molar-refractivity contribution in [3.8, 4) is 11.5 Å². The maximum Gasteiger partial charge on any atom is 0.161 e. The molecule has 15 heavy (non-hydrogen) atoms. The number of rotatable bonds is 2. The lowest BCUT2D eigenvalue weighted by Crippen LogP contribution is -1.92. The van der Waals surface area contributed by atoms with Gasteiger partial charge in [-0.2, -0.15) is 0 Å². The smallest absolute Gasteiger partial charge is 0.161 e. The largest absolute Gasteiger partial charge is 0.493 e. The predicted molar refractivity (Wildman–Crippen MR) is 63.9 cm³/mol. The van der Waals surface area contributed by atoms with Crippen LogP contribution in [0.3, 0.4) is 0 Å². The molecular formula is C12H14O2S. The maximum absolute atomic E-state index is 5.28. The van der Waals surface area contributed by atoms with E-state index in [0.717, 1.165) is 23.7 Å². The molecule has 0 saturated heterocycles. The predicted octanol–water partition coefficient (Wildman–Crippen LogP) is 3.21. The normalized spacial score (nSPS) is 14.3. The van der Waals surface area contributed by atoms with Crippen molar-refractivity contribution in [1.82, 2.24) is 0 Å². The molecule has 80 valence electrons. The SMILES string of the molecule is COc1cc2c(cc1OC)SCCC=C2. The lowest BCUT2D eigenvalue weighted by Gasteiger charge is -2.11. The van der Waals surface area contributed by atoms with Crippen LogP contribution in [0.5, 0.6) is 11.5 Å². The number of allylic oxidation sites excluding steroid dienone is 1. The Morgan fingerprint density at radius 3 is 2.60 bits per heavy atom. The first-order valence-corrected chi connectivity index (χ1v) is 5.89. The summed E-state index contributed by atoms with van der Waals surface area (Å²) >= 11 is 1.86. The summed E-state index contributed by atoms with van der Waals surface area (Å²) in [6.07, 6.45) is 5.46. The van der Waals surface area contributed by atoms with Gasteiger partial charge in [0.1, 0.15) is 0 Å². The van der Waals surface area contributed by atoms with Gasteiger partial charge in [-0.1, -0.05) is 12.2 Å². The molecule has 0 radical (unpaired) electrons. The Hall–Kier alpha value is -1.09. The minimum Gasteiger partial charge on any atom is -0.493 e. The van der Waals surface area contributed by atoms with Gasteiger partial charge < -0.3 is 9.47 Å². The van der Waals surface area contributed by atoms with E-state index in [9.17, 15) is 0 Å². The summed E-state index contributed by atoms with van der Waals surface area (Å²) in [5.74, 6) is 2.72. The molecule has 0 unspecified atom stereocenters. The monoisotopic (exact) mass is 222 g/mol. The second-order valence-corrected chi connectivity index (χ2v) is 4.42. The fourth-order valence-electron chi connectivity index (χ4n) is 1.58. The summed E-state index contributed by atoms with van der Waals surface area (Å²) in [6, 6.07) is 4.08. The lowest BCUT2D eigenvalue weighted by atomic mass is 10.2. The molecule has 0 fully saturated rings. The molecule has 2 nitrogen and oxygen atoms in total. The van der Waals surface area contributed by atoms with Crippen molar-refractivity contribution >= 4 is 17.8 Å². The molecule has 0 aliphatic carbocycles. The van der Waals surface area contributed by atoms with Crippen LogP contribution in [0, 0.1) is 0 Å². The second-order valence-electron chi connectivity index (χ2n) is 3.28. The summed E-state index contributed by atoms with van der Waals surface area (Å²) in [5.41, 5.74) is 1.22. The molecule has 0 bridgehead atoms. The highest BCUT2D eigenvalue weighted by atomic mass is 32.2. The zero-order chi connectivity index (χ0) is 10.7. The highest BCUT2D eigenvalue weighted by Gasteiger charge is 2.11. The summed E-state index contributed by atoms with van der Waals surface area (Å²) in [7, 11) is 3.33. The number of hydrogen-bond donors (Lipinski definition) is 0. The summed E-state index contributed by atoms with van der Waals surface area (Å²) in [6.45, 7) is 0. The Bertz CT molecular complexity index is 385. The number of thioether (sulfide) groups is 1. The number of hydrogen-bond acceptors (Lipinski definition) is 3. The zero-order valence-electron chi connectivity index (χ0n) is 8.95. The first-order chi connectivity index (χ1) is 7.35. The molecule has 1 heterocycles. The van der Waals surface area contributed by atoms with Gasteiger partial charge in [-0.25, -0.2) is 0 Å². The van der Waals surface area contributed by atoms with Gasteiger partial charge in [-0.3, -0.25) is 0 Å². The maximum atomic E-state index is 5.28. The van der Waals surface area contributed by atoms with E-state index in [1.54, 1.807) is 14.2 Å². The molecule has 0 saturated carbocycles. The van der Waals surface area contributed by atoms with E-state index in [2.05, 4.69) is 18.2 Å². The van der Waals surface area contributed by atoms with Crippen LogP contribution in [0.2, 0.25) is 0 Å². The van der Waals surface area contributed by atoms with Crippen molar-refractivity contribution in [3.63, 3.8) is 0 Å². The average Bonchev–Trinajstić information content (AvgIpc) is 2.51. The first-order valence-electron chi connectivity index (χ1n) is 4.90. The highest BCUT2D eigenvalue weighted by Crippen LogP contribution is 2.37. The first kappa shape index (κ1) is 10.4. The van der Waals surface area contributed by atoms with E-state index in [4.69, 9.17) is 9.47 Å². The Morgan fingerprint density at radius 2 is 1.87 bits per heavy atom. The quantitative estimate of drug-likeness (QED) is 0.765. The van der Waals surface area contributed by atoms with Crippen LogP contribution in [0.25, 0.3) is 6.08 Å². The van der Waals surface area contributed by atoms with Crippen molar-refractivity contribution in [1.29, 1.82) is 0 Å². The van der Waals surface area contributed by atoms with Gasteiger partial charge in [0.25, 0.3) is 0 Å². The molecule has 0 spiro atoms. The molecule has 0 N–H and O–H groups in total. The Balaban J connectivity index is 2.48. The number of methoxy groups -OCH3 is 2. The molecule has 1 aliphatic heterocycles. The molecule has 2 rings (SSSR count). The molecule has 1 aromatic carbocycles. The van der Waals surface area contributed by atoms with Crippen LogP contribution in [-0.4, -0.2) is 20.0 Å². The van der Waals surface area contributed by atoms with Crippen molar-refractivity contribution in [2.75, 3.05) is 20.0 Å². The third kappa shape index (κ3) is 2.12. The van der Waals surface area contributed by atoms with Crippen LogP contribution in [0.1, 0.15) is 12.0 Å². The van der Waals surface area contributed by atoms with Gasteiger partial charge in [0, 0.05) is 10.6 Å². The fourth-order valence-corrected chi connectivity index (χ4v) is 2.54. The molecule has 0 aromatic heterocycles. The standard InChI is InChI=1S/C12H14O2S/c1-13-10-7-9-5-3-4-6-15-12(9)8-11(10)14-2/h3,5,7-8H,4,6H2,1-2H3. The van der Waals surface area contributed by atoms with Gasteiger partial charge in [-0.15, -0.1) is 11.8 Å². The number of benzene rings is 1. The van der Waals surface area contributed by atoms with Gasteiger partial charge in [-0.05, 0) is 24.1 Å². The molecule has 1 aromatic rings. The van der Waals surface area contributed by atoms with Gasteiger partial charge in [0.05, 0.1) is 14.2 Å². The van der Waals surface area contributed by atoms with E-state index in [-0.39, 0.29) is 0 Å². The van der Waals surface area contributed by atoms with Crippen LogP contribution in [0.4, 0.5) is 0 Å². The van der Waals surface area contributed by atoms with Crippen LogP contribution >= 0.6 is 11.8 Å². The minimum atomic E-state index is 0.795. The van der Waals surface area contributed by atoms with Gasteiger partial charge in [0.15, 0.2) is 11.5 Å². The average molecular weight is 222 g/mol. The number of fused-ring (bicyclic) bond motifs is 1. The van der Waals surface area contributed by atoms with E-state index < -0.39 is 0 Å². The minimum absolute atomic E-state index is 0.795. The summed E-state index contributed by atoms with van der Waals surface area (Å²) < 4.78 is 10.6. The molecule has 1 aliphatic rings. The van der Waals surface area contributed by atoms with Crippen molar-refractivity contribution < 1.29 is 9.47 Å². The molecule has 0 amide bonds. The third-order valence-corrected chi connectivity index (χ3v) is 3.46. The zero-order valence-corrected chi connectivity index (χ0v) is 9.76. The second kappa shape index (κ2) is 4.62. The highest BCUT2D eigenvalue weighted by molar-refractivity contribution is 7.99. The van der Waals surface area contributed by atoms with E-state index in [1.165, 1.54) is 10.5 Å². The van der Waals surface area contributed by atoms with Gasteiger partial charge in [0.2, 0.25) is 0 Å². The van der Waals surface area contributed by atoms with E-state index >= 15 is 0 Å². The number of ether oxygens (including phenoxy) is 2. The van der Waals surface area contributed by atoms with Crippen molar-refractivity contribution in [2.45, 2.75) is 11.3 Å². The van der Waals surface area contributed by atoms with Gasteiger partial charge >= 0.3 is 0 Å². The Morgan fingerprint density at radius 1 is 1.13 bits per heavy atom.